The van der Waals surface area contributed by atoms with Crippen LogP contribution in [0.3, 0.4) is 0 Å². The van der Waals surface area contributed by atoms with Gasteiger partial charge in [-0.1, -0.05) is 32.0 Å². The van der Waals surface area contributed by atoms with Crippen molar-refractivity contribution in [3.63, 3.8) is 0 Å². The molecule has 1 aliphatic rings. The summed E-state index contributed by atoms with van der Waals surface area (Å²) >= 11 is 0. The summed E-state index contributed by atoms with van der Waals surface area (Å²) in [7, 11) is 0. The molecule has 0 atom stereocenters. The highest BCUT2D eigenvalue weighted by Gasteiger charge is 2.20. The first-order valence-electron chi connectivity index (χ1n) is 6.55. The van der Waals surface area contributed by atoms with E-state index in [1.165, 1.54) is 35.2 Å². The quantitative estimate of drug-likeness (QED) is 0.836. The lowest BCUT2D eigenvalue weighted by molar-refractivity contribution is 0.226. The fraction of sp³-hybridized carbons (Fsp3) is 0.467. The van der Waals surface area contributed by atoms with Gasteiger partial charge in [-0.2, -0.15) is 0 Å². The number of nitrogens with one attached hydrogen (secondary N) is 1. The molecule has 0 fully saturated rings. The van der Waals surface area contributed by atoms with Crippen molar-refractivity contribution in [2.24, 2.45) is 5.92 Å². The van der Waals surface area contributed by atoms with E-state index in [0.717, 1.165) is 18.9 Å². The van der Waals surface area contributed by atoms with Crippen molar-refractivity contribution < 1.29 is 0 Å². The predicted octanol–water partition coefficient (Wildman–Crippen LogP) is 3.18. The molecule has 0 unspecified atom stereocenters. The third kappa shape index (κ3) is 1.98. The first-order chi connectivity index (χ1) is 8.24. The molecule has 2 nitrogen and oxygen atoms in total. The number of H-pyrrole nitrogens is 1. The smallest absolute Gasteiger partial charge is 0.0459 e. The zero-order valence-corrected chi connectivity index (χ0v) is 10.7. The third-order valence-electron chi connectivity index (χ3n) is 3.59. The highest BCUT2D eigenvalue weighted by Crippen LogP contribution is 2.27. The Balaban J connectivity index is 1.95. The maximum Gasteiger partial charge on any atom is 0.0459 e. The molecule has 0 saturated heterocycles. The molecule has 2 heterocycles. The van der Waals surface area contributed by atoms with Crippen molar-refractivity contribution in [3.05, 3.63) is 35.5 Å². The Morgan fingerprint density at radius 1 is 1.29 bits per heavy atom. The van der Waals surface area contributed by atoms with Gasteiger partial charge in [0.1, 0.15) is 0 Å². The maximum atomic E-state index is 3.56. The minimum absolute atomic E-state index is 0.752. The average molecular weight is 228 g/mol. The first kappa shape index (κ1) is 10.8. The van der Waals surface area contributed by atoms with E-state index in [9.17, 15) is 0 Å². The molecule has 2 heteroatoms. The van der Waals surface area contributed by atoms with Crippen LogP contribution >= 0.6 is 0 Å². The van der Waals surface area contributed by atoms with Crippen molar-refractivity contribution in [1.82, 2.24) is 9.88 Å². The van der Waals surface area contributed by atoms with E-state index in [-0.39, 0.29) is 0 Å². The number of aromatic amines is 1. The number of hydrogen-bond acceptors (Lipinski definition) is 1. The second kappa shape index (κ2) is 4.19. The highest BCUT2D eigenvalue weighted by atomic mass is 15.1. The van der Waals surface area contributed by atoms with Crippen molar-refractivity contribution >= 4 is 10.9 Å². The van der Waals surface area contributed by atoms with Crippen LogP contribution in [0.1, 0.15) is 25.1 Å². The third-order valence-corrected chi connectivity index (χ3v) is 3.59. The lowest BCUT2D eigenvalue weighted by Crippen LogP contribution is -2.33. The molecule has 0 spiro atoms. The molecule has 90 valence electrons. The number of hydrogen-bond donors (Lipinski definition) is 1. The second-order valence-electron chi connectivity index (χ2n) is 5.51. The largest absolute Gasteiger partial charge is 0.358 e. The molecule has 1 N–H and O–H groups in total. The van der Waals surface area contributed by atoms with Crippen LogP contribution < -0.4 is 0 Å². The molecular weight excluding hydrogens is 208 g/mol. The van der Waals surface area contributed by atoms with E-state index >= 15 is 0 Å². The van der Waals surface area contributed by atoms with Gasteiger partial charge in [0.05, 0.1) is 0 Å². The second-order valence-corrected chi connectivity index (χ2v) is 5.51. The van der Waals surface area contributed by atoms with Gasteiger partial charge >= 0.3 is 0 Å². The SMILES string of the molecule is CC(C)CN1CCc2[nH]c3ccccc3c2C1. The topological polar surface area (TPSA) is 19.0 Å². The molecule has 0 amide bonds. The molecule has 0 aliphatic carbocycles. The van der Waals surface area contributed by atoms with Crippen LogP contribution in [0.15, 0.2) is 24.3 Å². The Morgan fingerprint density at radius 3 is 2.94 bits per heavy atom. The van der Waals surface area contributed by atoms with Gasteiger partial charge in [0.2, 0.25) is 0 Å². The van der Waals surface area contributed by atoms with E-state index in [2.05, 4.69) is 48.0 Å². The van der Waals surface area contributed by atoms with Crippen LogP contribution in [0.4, 0.5) is 0 Å². The van der Waals surface area contributed by atoms with Crippen LogP contribution in [0, 0.1) is 5.92 Å². The lowest BCUT2D eigenvalue weighted by atomic mass is 10.0. The van der Waals surface area contributed by atoms with Crippen LogP contribution in [0.2, 0.25) is 0 Å². The summed E-state index contributed by atoms with van der Waals surface area (Å²) in [6, 6.07) is 8.66. The molecule has 1 aromatic heterocycles. The van der Waals surface area contributed by atoms with Crippen molar-refractivity contribution in [2.45, 2.75) is 26.8 Å². The minimum Gasteiger partial charge on any atom is -0.358 e. The number of para-hydroxylation sites is 1. The normalized spacial score (nSPS) is 16.6. The summed E-state index contributed by atoms with van der Waals surface area (Å²) < 4.78 is 0. The lowest BCUT2D eigenvalue weighted by Gasteiger charge is -2.28. The van der Waals surface area contributed by atoms with Gasteiger partial charge in [-0.25, -0.2) is 0 Å². The van der Waals surface area contributed by atoms with E-state index < -0.39 is 0 Å². The van der Waals surface area contributed by atoms with Gasteiger partial charge in [-0.15, -0.1) is 0 Å². The summed E-state index contributed by atoms with van der Waals surface area (Å²) in [4.78, 5) is 6.14. The number of rotatable bonds is 2. The fourth-order valence-corrected chi connectivity index (χ4v) is 2.89. The summed E-state index contributed by atoms with van der Waals surface area (Å²) in [5.41, 5.74) is 4.27. The van der Waals surface area contributed by atoms with Gasteiger partial charge in [0.25, 0.3) is 0 Å². The van der Waals surface area contributed by atoms with Gasteiger partial charge in [0.15, 0.2) is 0 Å². The number of fused-ring (bicyclic) bond motifs is 3. The molecular formula is C15H20N2. The van der Waals surface area contributed by atoms with Crippen molar-refractivity contribution in [3.8, 4) is 0 Å². The Labute approximate surface area is 103 Å². The standard InChI is InChI=1S/C15H20N2/c1-11(2)9-17-8-7-15-13(10-17)12-5-3-4-6-14(12)16-15/h3-6,11,16H,7-10H2,1-2H3. The molecule has 17 heavy (non-hydrogen) atoms. The van der Waals surface area contributed by atoms with Crippen molar-refractivity contribution in [2.75, 3.05) is 13.1 Å². The molecule has 0 saturated carbocycles. The Kier molecular flexibility index (Phi) is 2.67. The van der Waals surface area contributed by atoms with Gasteiger partial charge in [0, 0.05) is 42.7 Å². The number of aromatic nitrogens is 1. The van der Waals surface area contributed by atoms with Crippen LogP contribution in [0.5, 0.6) is 0 Å². The Bertz CT molecular complexity index is 525. The number of nitrogens with zero attached hydrogens (tertiary/aromatic N) is 1. The number of benzene rings is 1. The highest BCUT2D eigenvalue weighted by molar-refractivity contribution is 5.84. The monoisotopic (exact) mass is 228 g/mol. The zero-order valence-electron chi connectivity index (χ0n) is 10.7. The fourth-order valence-electron chi connectivity index (χ4n) is 2.89. The first-order valence-corrected chi connectivity index (χ1v) is 6.55. The summed E-state index contributed by atoms with van der Waals surface area (Å²) in [5, 5.41) is 1.41. The zero-order chi connectivity index (χ0) is 11.8. The summed E-state index contributed by atoms with van der Waals surface area (Å²) in [6.45, 7) is 8.10. The summed E-state index contributed by atoms with van der Waals surface area (Å²) in [6.07, 6.45) is 1.16. The van der Waals surface area contributed by atoms with Crippen molar-refractivity contribution in [1.29, 1.82) is 0 Å². The molecule has 0 bridgehead atoms. The molecule has 2 aromatic rings. The van der Waals surface area contributed by atoms with Gasteiger partial charge in [-0.05, 0) is 17.5 Å². The van der Waals surface area contributed by atoms with Crippen LogP contribution in [-0.4, -0.2) is 23.0 Å². The van der Waals surface area contributed by atoms with E-state index in [0.29, 0.717) is 0 Å². The average Bonchev–Trinajstić information content (AvgIpc) is 2.66. The van der Waals surface area contributed by atoms with Crippen LogP contribution in [0.25, 0.3) is 10.9 Å². The van der Waals surface area contributed by atoms with Gasteiger partial charge in [-0.3, -0.25) is 4.90 Å². The molecule has 0 radical (unpaired) electrons. The van der Waals surface area contributed by atoms with E-state index in [1.807, 2.05) is 0 Å². The van der Waals surface area contributed by atoms with Crippen LogP contribution in [-0.2, 0) is 13.0 Å². The van der Waals surface area contributed by atoms with E-state index in [4.69, 9.17) is 0 Å². The molecule has 3 rings (SSSR count). The van der Waals surface area contributed by atoms with E-state index in [1.54, 1.807) is 0 Å². The minimum atomic E-state index is 0.752. The molecule has 1 aliphatic heterocycles. The molecule has 1 aromatic carbocycles. The maximum absolute atomic E-state index is 3.56. The Hall–Kier alpha value is -1.28. The Morgan fingerprint density at radius 2 is 2.12 bits per heavy atom. The van der Waals surface area contributed by atoms with Gasteiger partial charge < -0.3 is 4.98 Å². The predicted molar refractivity (Wildman–Crippen MR) is 72.1 cm³/mol. The summed E-state index contributed by atoms with van der Waals surface area (Å²) in [5.74, 6) is 0.752.